The minimum atomic E-state index is -0.848. The lowest BCUT2D eigenvalue weighted by molar-refractivity contribution is -0.143. The third-order valence-corrected chi connectivity index (χ3v) is 15.9. The highest BCUT2D eigenvalue weighted by molar-refractivity contribution is 5.76. The van der Waals surface area contributed by atoms with Gasteiger partial charge in [0.15, 0.2) is 0 Å². The maximum absolute atomic E-state index is 12.5. The Bertz CT molecular complexity index is 1230. The summed E-state index contributed by atoms with van der Waals surface area (Å²) in [4.78, 5) is 24.6. The number of allylic oxidation sites excluding steroid dienone is 5. The molecule has 0 spiro atoms. The molecule has 3 N–H and O–H groups in total. The van der Waals surface area contributed by atoms with E-state index in [1.807, 2.05) is 6.08 Å². The first-order valence-electron chi connectivity index (χ1n) is 34.3. The van der Waals surface area contributed by atoms with Gasteiger partial charge in [0.05, 0.1) is 25.4 Å². The highest BCUT2D eigenvalue weighted by Crippen LogP contribution is 2.18. The zero-order valence-electron chi connectivity index (χ0n) is 51.3. The minimum absolute atomic E-state index is 0.00162. The number of amides is 1. The third kappa shape index (κ3) is 61.3. The first kappa shape index (κ1) is 74.1. The fraction of sp³-hybridized carbons (Fsp3) is 0.886. The SMILES string of the molecule is CCCCCC/C=C\C/C=C\CCCCCCCCCC(=O)OCCCCCCCCCCCCCCCCCCCCCC(=O)NC(CO)C(O)/C=C/CCCCCCCCCCCCCCCCCCCCCC. The molecule has 0 aliphatic carbocycles. The monoisotopic (exact) mass is 1070 g/mol. The number of esters is 1. The van der Waals surface area contributed by atoms with Crippen molar-refractivity contribution in [2.75, 3.05) is 13.2 Å². The first-order chi connectivity index (χ1) is 37.5. The molecule has 6 nitrogen and oxygen atoms in total. The van der Waals surface area contributed by atoms with Crippen LogP contribution in [0, 0.1) is 0 Å². The number of nitrogens with one attached hydrogen (secondary N) is 1. The number of aliphatic hydroxyl groups excluding tert-OH is 2. The average Bonchev–Trinajstić information content (AvgIpc) is 3.42. The van der Waals surface area contributed by atoms with Crippen molar-refractivity contribution in [1.82, 2.24) is 5.32 Å². The Morgan fingerprint density at radius 2 is 0.658 bits per heavy atom. The molecule has 0 heterocycles. The van der Waals surface area contributed by atoms with Crippen molar-refractivity contribution in [2.45, 2.75) is 386 Å². The van der Waals surface area contributed by atoms with Crippen molar-refractivity contribution in [2.24, 2.45) is 0 Å². The van der Waals surface area contributed by atoms with Crippen molar-refractivity contribution in [3.8, 4) is 0 Å². The van der Waals surface area contributed by atoms with Crippen molar-refractivity contribution in [3.63, 3.8) is 0 Å². The van der Waals surface area contributed by atoms with Gasteiger partial charge in [-0.2, -0.15) is 0 Å². The molecule has 0 aromatic rings. The molecule has 0 aromatic carbocycles. The van der Waals surface area contributed by atoms with Crippen molar-refractivity contribution >= 4 is 11.9 Å². The molecule has 0 rings (SSSR count). The number of hydrogen-bond donors (Lipinski definition) is 3. The number of carbonyl (C=O) groups is 2. The maximum Gasteiger partial charge on any atom is 0.305 e. The summed E-state index contributed by atoms with van der Waals surface area (Å²) in [5.41, 5.74) is 0. The van der Waals surface area contributed by atoms with Crippen LogP contribution >= 0.6 is 0 Å². The van der Waals surface area contributed by atoms with E-state index in [1.165, 1.54) is 295 Å². The van der Waals surface area contributed by atoms with Gasteiger partial charge in [0.25, 0.3) is 0 Å². The van der Waals surface area contributed by atoms with Gasteiger partial charge in [-0.05, 0) is 64.2 Å². The molecule has 6 heteroatoms. The predicted molar refractivity (Wildman–Crippen MR) is 333 cm³/mol. The lowest BCUT2D eigenvalue weighted by atomic mass is 10.0. The smallest absolute Gasteiger partial charge is 0.305 e. The van der Waals surface area contributed by atoms with E-state index in [2.05, 4.69) is 43.5 Å². The standard InChI is InChI=1S/C70H133NO5/c1-3-5-7-9-11-13-15-17-19-21-23-24-25-27-30-34-38-42-46-50-54-58-62-68(73)67(66-72)71-69(74)63-59-55-51-47-43-39-35-31-28-26-29-33-37-41-45-49-53-57-61-65-76-70(75)64-60-56-52-48-44-40-36-32-22-20-18-16-14-12-10-8-6-4-2/h14,16,20,22,58,62,67-68,72-73H,3-13,15,17-19,21,23-57,59-61,63-66H2,1-2H3,(H,71,74)/b16-14-,22-20-,62-58+. The van der Waals surface area contributed by atoms with Crippen LogP contribution in [0.4, 0.5) is 0 Å². The van der Waals surface area contributed by atoms with E-state index < -0.39 is 12.1 Å². The molecule has 0 radical (unpaired) electrons. The molecular weight excluding hydrogens is 935 g/mol. The number of ether oxygens (including phenoxy) is 1. The van der Waals surface area contributed by atoms with Crippen LogP contribution < -0.4 is 5.32 Å². The van der Waals surface area contributed by atoms with Gasteiger partial charge in [0.2, 0.25) is 5.91 Å². The number of hydrogen-bond acceptors (Lipinski definition) is 5. The largest absolute Gasteiger partial charge is 0.466 e. The van der Waals surface area contributed by atoms with Crippen LogP contribution in [-0.2, 0) is 14.3 Å². The highest BCUT2D eigenvalue weighted by atomic mass is 16.5. The summed E-state index contributed by atoms with van der Waals surface area (Å²) >= 11 is 0. The summed E-state index contributed by atoms with van der Waals surface area (Å²) in [6.07, 6.45) is 83.4. The molecule has 1 amide bonds. The average molecular weight is 1070 g/mol. The molecule has 0 bridgehead atoms. The van der Waals surface area contributed by atoms with E-state index in [4.69, 9.17) is 4.74 Å². The second-order valence-electron chi connectivity index (χ2n) is 23.5. The zero-order chi connectivity index (χ0) is 55.0. The minimum Gasteiger partial charge on any atom is -0.466 e. The van der Waals surface area contributed by atoms with Gasteiger partial charge in [0.1, 0.15) is 0 Å². The van der Waals surface area contributed by atoms with E-state index in [1.54, 1.807) is 6.08 Å². The summed E-state index contributed by atoms with van der Waals surface area (Å²) in [7, 11) is 0. The van der Waals surface area contributed by atoms with Gasteiger partial charge >= 0.3 is 5.97 Å². The lowest BCUT2D eigenvalue weighted by Gasteiger charge is -2.20. The molecule has 0 fully saturated rings. The van der Waals surface area contributed by atoms with Gasteiger partial charge in [-0.25, -0.2) is 0 Å². The molecule has 0 saturated heterocycles. The van der Waals surface area contributed by atoms with Gasteiger partial charge < -0.3 is 20.3 Å². The maximum atomic E-state index is 12.5. The van der Waals surface area contributed by atoms with E-state index >= 15 is 0 Å². The van der Waals surface area contributed by atoms with Crippen molar-refractivity contribution < 1.29 is 24.5 Å². The van der Waals surface area contributed by atoms with E-state index in [-0.39, 0.29) is 18.5 Å². The van der Waals surface area contributed by atoms with Gasteiger partial charge in [0, 0.05) is 12.8 Å². The Labute approximate surface area is 474 Å². The second kappa shape index (κ2) is 65.6. The van der Waals surface area contributed by atoms with E-state index in [9.17, 15) is 19.8 Å². The molecule has 0 aromatic heterocycles. The topological polar surface area (TPSA) is 95.9 Å². The number of rotatable bonds is 64. The Morgan fingerprint density at radius 3 is 1.01 bits per heavy atom. The Morgan fingerprint density at radius 1 is 0.368 bits per heavy atom. The number of carbonyl (C=O) groups excluding carboxylic acids is 2. The summed E-state index contributed by atoms with van der Waals surface area (Å²) in [5, 5.41) is 23.2. The van der Waals surface area contributed by atoms with Gasteiger partial charge in [-0.1, -0.05) is 333 Å². The van der Waals surface area contributed by atoms with Gasteiger partial charge in [-0.3, -0.25) is 9.59 Å². The Balaban J connectivity index is 3.43. The summed E-state index contributed by atoms with van der Waals surface area (Å²) in [6, 6.07) is -0.632. The van der Waals surface area contributed by atoms with Crippen LogP contribution in [0.15, 0.2) is 36.5 Å². The van der Waals surface area contributed by atoms with Crippen LogP contribution in [0.25, 0.3) is 0 Å². The molecule has 2 atom stereocenters. The molecule has 76 heavy (non-hydrogen) atoms. The summed E-state index contributed by atoms with van der Waals surface area (Å²) < 4.78 is 5.50. The summed E-state index contributed by atoms with van der Waals surface area (Å²) in [5.74, 6) is -0.0659. The van der Waals surface area contributed by atoms with Crippen molar-refractivity contribution in [1.29, 1.82) is 0 Å². The van der Waals surface area contributed by atoms with Crippen LogP contribution in [-0.4, -0.2) is 47.4 Å². The summed E-state index contributed by atoms with van der Waals surface area (Å²) in [6.45, 7) is 4.91. The molecule has 0 saturated carbocycles. The second-order valence-corrected chi connectivity index (χ2v) is 23.5. The first-order valence-corrected chi connectivity index (χ1v) is 34.3. The van der Waals surface area contributed by atoms with Crippen LogP contribution in [0.3, 0.4) is 0 Å². The quantitative estimate of drug-likeness (QED) is 0.0320. The van der Waals surface area contributed by atoms with Crippen LogP contribution in [0.2, 0.25) is 0 Å². The van der Waals surface area contributed by atoms with E-state index in [0.717, 1.165) is 51.4 Å². The Hall–Kier alpha value is -1.92. The molecule has 2 unspecified atom stereocenters. The van der Waals surface area contributed by atoms with Crippen LogP contribution in [0.1, 0.15) is 373 Å². The molecule has 0 aliphatic heterocycles. The molecule has 0 aliphatic rings. The van der Waals surface area contributed by atoms with E-state index in [0.29, 0.717) is 19.4 Å². The zero-order valence-corrected chi connectivity index (χ0v) is 51.3. The fourth-order valence-corrected chi connectivity index (χ4v) is 10.7. The highest BCUT2D eigenvalue weighted by Gasteiger charge is 2.18. The number of unbranched alkanes of at least 4 members (excludes halogenated alkanes) is 49. The number of aliphatic hydroxyl groups is 2. The van der Waals surface area contributed by atoms with Crippen LogP contribution in [0.5, 0.6) is 0 Å². The Kier molecular flexibility index (Phi) is 63.9. The fourth-order valence-electron chi connectivity index (χ4n) is 10.7. The molecular formula is C70H133NO5. The third-order valence-electron chi connectivity index (χ3n) is 15.9. The lowest BCUT2D eigenvalue weighted by Crippen LogP contribution is -2.45. The van der Waals surface area contributed by atoms with Crippen molar-refractivity contribution in [3.05, 3.63) is 36.5 Å². The normalized spacial score (nSPS) is 12.7. The molecule has 448 valence electrons. The van der Waals surface area contributed by atoms with Gasteiger partial charge in [-0.15, -0.1) is 0 Å². The predicted octanol–water partition coefficient (Wildman–Crippen LogP) is 21.9.